The van der Waals surface area contributed by atoms with Gasteiger partial charge in [-0.25, -0.2) is 0 Å². The summed E-state index contributed by atoms with van der Waals surface area (Å²) in [5.41, 5.74) is 1.42. The van der Waals surface area contributed by atoms with Crippen LogP contribution in [0.15, 0.2) is 18.2 Å². The fourth-order valence-electron chi connectivity index (χ4n) is 2.36. The van der Waals surface area contributed by atoms with Crippen molar-refractivity contribution in [2.75, 3.05) is 25.0 Å². The number of hydrogen-bond donors (Lipinski definition) is 2. The molecule has 2 N–H and O–H groups in total. The Morgan fingerprint density at radius 2 is 2.27 bits per heavy atom. The molecule has 1 aliphatic heterocycles. The van der Waals surface area contributed by atoms with Gasteiger partial charge in [-0.1, -0.05) is 6.07 Å². The summed E-state index contributed by atoms with van der Waals surface area (Å²) in [5.74, 6) is -0.0705. The highest BCUT2D eigenvalue weighted by atomic mass is 16.6. The molecule has 120 valence electrons. The number of amides is 1. The van der Waals surface area contributed by atoms with Crippen LogP contribution in [-0.2, 0) is 9.53 Å². The molecule has 1 heterocycles. The van der Waals surface area contributed by atoms with E-state index in [9.17, 15) is 14.9 Å². The predicted molar refractivity (Wildman–Crippen MR) is 82.9 cm³/mol. The summed E-state index contributed by atoms with van der Waals surface area (Å²) < 4.78 is 5.29. The lowest BCUT2D eigenvalue weighted by Crippen LogP contribution is -2.35. The van der Waals surface area contributed by atoms with E-state index in [-0.39, 0.29) is 17.7 Å². The van der Waals surface area contributed by atoms with E-state index in [1.807, 2.05) is 13.0 Å². The molecule has 0 bridgehead atoms. The van der Waals surface area contributed by atoms with E-state index >= 15 is 0 Å². The summed E-state index contributed by atoms with van der Waals surface area (Å²) in [6.45, 7) is 3.54. The van der Waals surface area contributed by atoms with Crippen molar-refractivity contribution in [2.24, 2.45) is 0 Å². The monoisotopic (exact) mass is 307 g/mol. The van der Waals surface area contributed by atoms with Crippen molar-refractivity contribution in [1.82, 2.24) is 5.32 Å². The lowest BCUT2D eigenvalue weighted by atomic mass is 10.2. The third-order valence-corrected chi connectivity index (χ3v) is 3.54. The normalized spacial score (nSPS) is 17.2. The van der Waals surface area contributed by atoms with Crippen molar-refractivity contribution >= 4 is 17.3 Å². The molecule has 1 saturated heterocycles. The van der Waals surface area contributed by atoms with Gasteiger partial charge in [-0.15, -0.1) is 0 Å². The highest BCUT2D eigenvalue weighted by molar-refractivity contribution is 5.80. The molecule has 0 radical (unpaired) electrons. The third-order valence-electron chi connectivity index (χ3n) is 3.54. The number of anilines is 1. The molecule has 1 aromatic carbocycles. The number of nitrogens with zero attached hydrogens (tertiary/aromatic N) is 1. The largest absolute Gasteiger partial charge is 0.379 e. The fourth-order valence-corrected chi connectivity index (χ4v) is 2.36. The maximum Gasteiger partial charge on any atom is 0.292 e. The van der Waals surface area contributed by atoms with Gasteiger partial charge in [0.25, 0.3) is 5.69 Å². The molecule has 0 aromatic heterocycles. The van der Waals surface area contributed by atoms with Gasteiger partial charge in [-0.3, -0.25) is 14.9 Å². The number of benzene rings is 1. The first-order valence-corrected chi connectivity index (χ1v) is 7.46. The first kappa shape index (κ1) is 16.2. The second kappa shape index (κ2) is 7.74. The summed E-state index contributed by atoms with van der Waals surface area (Å²) in [4.78, 5) is 22.3. The van der Waals surface area contributed by atoms with Gasteiger partial charge in [0.1, 0.15) is 11.8 Å². The minimum atomic E-state index is -0.394. The van der Waals surface area contributed by atoms with Crippen molar-refractivity contribution in [3.05, 3.63) is 33.9 Å². The van der Waals surface area contributed by atoms with Gasteiger partial charge < -0.3 is 15.4 Å². The predicted octanol–water partition coefficient (Wildman–Crippen LogP) is 2.00. The highest BCUT2D eigenvalue weighted by Crippen LogP contribution is 2.25. The van der Waals surface area contributed by atoms with E-state index in [1.54, 1.807) is 12.1 Å². The van der Waals surface area contributed by atoms with Crippen LogP contribution in [0.5, 0.6) is 0 Å². The number of aryl methyl sites for hydroxylation is 1. The second-order valence-corrected chi connectivity index (χ2v) is 5.35. The summed E-state index contributed by atoms with van der Waals surface area (Å²) in [7, 11) is 0. The molecule has 0 aliphatic carbocycles. The Morgan fingerprint density at radius 3 is 2.95 bits per heavy atom. The van der Waals surface area contributed by atoms with Crippen molar-refractivity contribution in [3.63, 3.8) is 0 Å². The minimum absolute atomic E-state index is 0.0705. The van der Waals surface area contributed by atoms with Gasteiger partial charge in [-0.2, -0.15) is 0 Å². The fraction of sp³-hybridized carbons (Fsp3) is 0.533. The van der Waals surface area contributed by atoms with E-state index in [0.717, 1.165) is 18.4 Å². The van der Waals surface area contributed by atoms with Crippen LogP contribution in [0, 0.1) is 17.0 Å². The molecule has 22 heavy (non-hydrogen) atoms. The maximum absolute atomic E-state index is 11.7. The molecule has 0 spiro atoms. The molecule has 1 atom stereocenters. The molecule has 1 amide bonds. The third kappa shape index (κ3) is 4.42. The van der Waals surface area contributed by atoms with Gasteiger partial charge in [0, 0.05) is 25.8 Å². The SMILES string of the molecule is Cc1ccc(NCCCNC(=O)C2CCCO2)c([N+](=O)[O-])c1. The van der Waals surface area contributed by atoms with Gasteiger partial charge in [-0.05, 0) is 37.8 Å². The van der Waals surface area contributed by atoms with Gasteiger partial charge in [0.2, 0.25) is 5.91 Å². The summed E-state index contributed by atoms with van der Waals surface area (Å²) >= 11 is 0. The molecular weight excluding hydrogens is 286 g/mol. The zero-order valence-electron chi connectivity index (χ0n) is 12.6. The van der Waals surface area contributed by atoms with Crippen molar-refractivity contribution in [2.45, 2.75) is 32.3 Å². The number of nitrogens with one attached hydrogen (secondary N) is 2. The second-order valence-electron chi connectivity index (χ2n) is 5.35. The first-order chi connectivity index (χ1) is 10.6. The number of hydrogen-bond acceptors (Lipinski definition) is 5. The maximum atomic E-state index is 11.7. The number of rotatable bonds is 7. The number of carbonyl (C=O) groups excluding carboxylic acids is 1. The Kier molecular flexibility index (Phi) is 5.71. The molecule has 7 heteroatoms. The number of carbonyl (C=O) groups is 1. The zero-order valence-corrected chi connectivity index (χ0v) is 12.6. The van der Waals surface area contributed by atoms with Gasteiger partial charge >= 0.3 is 0 Å². The lowest BCUT2D eigenvalue weighted by Gasteiger charge is -2.11. The van der Waals surface area contributed by atoms with Crippen molar-refractivity contribution in [3.8, 4) is 0 Å². The molecule has 1 aliphatic rings. The van der Waals surface area contributed by atoms with Crippen LogP contribution in [0.1, 0.15) is 24.8 Å². The molecule has 1 fully saturated rings. The van der Waals surface area contributed by atoms with Crippen LogP contribution < -0.4 is 10.6 Å². The van der Waals surface area contributed by atoms with Crippen LogP contribution in [0.3, 0.4) is 0 Å². The topological polar surface area (TPSA) is 93.5 Å². The van der Waals surface area contributed by atoms with Crippen molar-refractivity contribution in [1.29, 1.82) is 0 Å². The Morgan fingerprint density at radius 1 is 1.45 bits per heavy atom. The molecule has 1 aromatic rings. The summed E-state index contributed by atoms with van der Waals surface area (Å²) in [6, 6.07) is 5.08. The number of nitro groups is 1. The van der Waals surface area contributed by atoms with E-state index in [2.05, 4.69) is 10.6 Å². The lowest BCUT2D eigenvalue weighted by molar-refractivity contribution is -0.384. The number of ether oxygens (including phenoxy) is 1. The Bertz CT molecular complexity index is 542. The molecule has 7 nitrogen and oxygen atoms in total. The van der Waals surface area contributed by atoms with E-state index in [0.29, 0.717) is 31.8 Å². The average molecular weight is 307 g/mol. The highest BCUT2D eigenvalue weighted by Gasteiger charge is 2.22. The quantitative estimate of drug-likeness (QED) is 0.456. The Balaban J connectivity index is 1.72. The molecule has 0 saturated carbocycles. The van der Waals surface area contributed by atoms with E-state index in [4.69, 9.17) is 4.74 Å². The van der Waals surface area contributed by atoms with Crippen LogP contribution in [0.4, 0.5) is 11.4 Å². The number of nitro benzene ring substituents is 1. The minimum Gasteiger partial charge on any atom is -0.379 e. The van der Waals surface area contributed by atoms with E-state index < -0.39 is 4.92 Å². The molecule has 1 unspecified atom stereocenters. The van der Waals surface area contributed by atoms with Crippen LogP contribution >= 0.6 is 0 Å². The molecular formula is C15H21N3O4. The van der Waals surface area contributed by atoms with Crippen LogP contribution in [-0.4, -0.2) is 36.6 Å². The van der Waals surface area contributed by atoms with Gasteiger partial charge in [0.05, 0.1) is 4.92 Å². The average Bonchev–Trinajstić information content (AvgIpc) is 3.02. The molecule has 2 rings (SSSR count). The van der Waals surface area contributed by atoms with Crippen molar-refractivity contribution < 1.29 is 14.5 Å². The van der Waals surface area contributed by atoms with Crippen LogP contribution in [0.2, 0.25) is 0 Å². The zero-order chi connectivity index (χ0) is 15.9. The smallest absolute Gasteiger partial charge is 0.292 e. The summed E-state index contributed by atoms with van der Waals surface area (Å²) in [6.07, 6.45) is 2.08. The Hall–Kier alpha value is -2.15. The standard InChI is InChI=1S/C15H21N3O4/c1-11-5-6-12(13(10-11)18(20)21)16-7-3-8-17-15(19)14-4-2-9-22-14/h5-6,10,14,16H,2-4,7-9H2,1H3,(H,17,19). The summed E-state index contributed by atoms with van der Waals surface area (Å²) in [5, 5.41) is 16.9. The van der Waals surface area contributed by atoms with Crippen LogP contribution in [0.25, 0.3) is 0 Å². The van der Waals surface area contributed by atoms with E-state index in [1.165, 1.54) is 0 Å². The first-order valence-electron chi connectivity index (χ1n) is 7.46. The Labute approximate surface area is 129 Å². The van der Waals surface area contributed by atoms with Gasteiger partial charge in [0.15, 0.2) is 0 Å².